The van der Waals surface area contributed by atoms with Crippen molar-refractivity contribution in [3.8, 4) is 0 Å². The molecule has 60 valence electrons. The Labute approximate surface area is 72.7 Å². The Bertz CT molecular complexity index is 239. The molecule has 0 aromatic carbocycles. The molecule has 0 spiro atoms. The molecular formula is C6H8BrN3O. The zero-order chi connectivity index (χ0) is 8.27. The fourth-order valence-corrected chi connectivity index (χ4v) is 1.34. The molecule has 0 aliphatic rings. The fraction of sp³-hybridized carbons (Fsp3) is 0.500. The maximum absolute atomic E-state index is 10.1. The molecule has 0 radical (unpaired) electrons. The highest BCUT2D eigenvalue weighted by molar-refractivity contribution is 9.10. The number of carbonyl (C=O) groups excluding carboxylic acids is 1. The Morgan fingerprint density at radius 3 is 2.91 bits per heavy atom. The fourth-order valence-electron chi connectivity index (χ4n) is 0.812. The van der Waals surface area contributed by atoms with Crippen molar-refractivity contribution >= 4 is 22.2 Å². The van der Waals surface area contributed by atoms with Crippen LogP contribution in [0.4, 0.5) is 0 Å². The Hall–Kier alpha value is -0.710. The predicted octanol–water partition coefficient (Wildman–Crippen LogP) is 0.709. The van der Waals surface area contributed by atoms with Crippen LogP contribution in [0.2, 0.25) is 0 Å². The first-order chi connectivity index (χ1) is 5.25. The van der Waals surface area contributed by atoms with Crippen molar-refractivity contribution in [3.63, 3.8) is 0 Å². The highest BCUT2D eigenvalue weighted by Crippen LogP contribution is 2.12. The third kappa shape index (κ3) is 1.86. The van der Waals surface area contributed by atoms with Gasteiger partial charge in [-0.25, -0.2) is 0 Å². The lowest BCUT2D eigenvalue weighted by molar-refractivity contribution is -0.107. The van der Waals surface area contributed by atoms with Gasteiger partial charge in [0.15, 0.2) is 4.60 Å². The van der Waals surface area contributed by atoms with E-state index < -0.39 is 0 Å². The van der Waals surface area contributed by atoms with Crippen LogP contribution in [-0.2, 0) is 18.3 Å². The Morgan fingerprint density at radius 1 is 1.73 bits per heavy atom. The number of aryl methyl sites for hydroxylation is 1. The number of halogens is 1. The van der Waals surface area contributed by atoms with Crippen LogP contribution in [0.5, 0.6) is 0 Å². The van der Waals surface area contributed by atoms with Crippen LogP contribution in [-0.4, -0.2) is 21.3 Å². The predicted molar refractivity (Wildman–Crippen MR) is 43.1 cm³/mol. The van der Waals surface area contributed by atoms with Crippen LogP contribution in [0.25, 0.3) is 0 Å². The molecule has 5 heteroatoms. The average Bonchev–Trinajstić information content (AvgIpc) is 2.29. The molecule has 0 amide bonds. The number of rotatable bonds is 3. The molecule has 1 aromatic rings. The van der Waals surface area contributed by atoms with Gasteiger partial charge in [-0.2, -0.15) is 0 Å². The van der Waals surface area contributed by atoms with E-state index in [1.165, 1.54) is 0 Å². The molecule has 0 unspecified atom stereocenters. The van der Waals surface area contributed by atoms with E-state index in [1.807, 2.05) is 0 Å². The first kappa shape index (κ1) is 8.39. The topological polar surface area (TPSA) is 47.8 Å². The maximum atomic E-state index is 10.1. The molecule has 0 fully saturated rings. The number of carbonyl (C=O) groups is 1. The number of nitrogens with zero attached hydrogens (tertiary/aromatic N) is 3. The van der Waals surface area contributed by atoms with Crippen molar-refractivity contribution < 1.29 is 4.79 Å². The summed E-state index contributed by atoms with van der Waals surface area (Å²) in [5, 5.41) is 7.56. The van der Waals surface area contributed by atoms with E-state index in [0.29, 0.717) is 12.8 Å². The third-order valence-electron chi connectivity index (χ3n) is 1.39. The molecular weight excluding hydrogens is 210 g/mol. The van der Waals surface area contributed by atoms with Gasteiger partial charge in [0.1, 0.15) is 6.29 Å². The summed E-state index contributed by atoms with van der Waals surface area (Å²) >= 11 is 3.24. The van der Waals surface area contributed by atoms with Crippen molar-refractivity contribution in [1.29, 1.82) is 0 Å². The minimum atomic E-state index is 0.514. The van der Waals surface area contributed by atoms with E-state index in [9.17, 15) is 4.79 Å². The van der Waals surface area contributed by atoms with Gasteiger partial charge < -0.3 is 4.79 Å². The van der Waals surface area contributed by atoms with Gasteiger partial charge in [0.05, 0.1) is 5.69 Å². The normalized spacial score (nSPS) is 10.0. The van der Waals surface area contributed by atoms with Crippen LogP contribution in [0.3, 0.4) is 0 Å². The van der Waals surface area contributed by atoms with Crippen molar-refractivity contribution in [2.24, 2.45) is 7.05 Å². The highest BCUT2D eigenvalue weighted by atomic mass is 79.9. The number of hydrogen-bond donors (Lipinski definition) is 0. The number of hydrogen-bond acceptors (Lipinski definition) is 3. The molecule has 1 rings (SSSR count). The largest absolute Gasteiger partial charge is 0.303 e. The summed E-state index contributed by atoms with van der Waals surface area (Å²) in [4.78, 5) is 10.1. The van der Waals surface area contributed by atoms with Gasteiger partial charge in [0, 0.05) is 13.5 Å². The minimum absolute atomic E-state index is 0.514. The third-order valence-corrected chi connectivity index (χ3v) is 2.01. The lowest BCUT2D eigenvalue weighted by Crippen LogP contribution is -1.98. The summed E-state index contributed by atoms with van der Waals surface area (Å²) in [6.45, 7) is 0. The Kier molecular flexibility index (Phi) is 2.76. The van der Waals surface area contributed by atoms with Crippen LogP contribution >= 0.6 is 15.9 Å². The van der Waals surface area contributed by atoms with Gasteiger partial charge in [-0.15, -0.1) is 5.10 Å². The first-order valence-electron chi connectivity index (χ1n) is 3.23. The zero-order valence-electron chi connectivity index (χ0n) is 6.12. The molecule has 11 heavy (non-hydrogen) atoms. The van der Waals surface area contributed by atoms with E-state index in [1.54, 1.807) is 11.7 Å². The van der Waals surface area contributed by atoms with Crippen LogP contribution < -0.4 is 0 Å². The Balaban J connectivity index is 2.74. The lowest BCUT2D eigenvalue weighted by atomic mass is 10.3. The highest BCUT2D eigenvalue weighted by Gasteiger charge is 2.05. The van der Waals surface area contributed by atoms with E-state index in [-0.39, 0.29) is 0 Å². The summed E-state index contributed by atoms with van der Waals surface area (Å²) in [7, 11) is 1.80. The summed E-state index contributed by atoms with van der Waals surface area (Å²) in [6.07, 6.45) is 2.09. The van der Waals surface area contributed by atoms with Crippen LogP contribution in [0.15, 0.2) is 4.60 Å². The molecule has 0 atom stereocenters. The van der Waals surface area contributed by atoms with Crippen molar-refractivity contribution in [3.05, 3.63) is 10.3 Å². The second-order valence-electron chi connectivity index (χ2n) is 2.16. The summed E-state index contributed by atoms with van der Waals surface area (Å²) in [6, 6.07) is 0. The molecule has 1 aromatic heterocycles. The molecule has 1 heterocycles. The molecule has 0 saturated heterocycles. The molecule has 0 saturated carbocycles. The minimum Gasteiger partial charge on any atom is -0.303 e. The van der Waals surface area contributed by atoms with Crippen molar-refractivity contribution in [1.82, 2.24) is 15.0 Å². The molecule has 4 nitrogen and oxygen atoms in total. The second-order valence-corrected chi connectivity index (χ2v) is 2.91. The summed E-state index contributed by atoms with van der Waals surface area (Å²) < 4.78 is 2.38. The molecule has 0 N–H and O–H groups in total. The summed E-state index contributed by atoms with van der Waals surface area (Å²) in [5.41, 5.74) is 0.956. The van der Waals surface area contributed by atoms with Gasteiger partial charge in [-0.3, -0.25) is 4.68 Å². The maximum Gasteiger partial charge on any atom is 0.151 e. The number of aromatic nitrogens is 3. The standard InChI is InChI=1S/C6H8BrN3O/c1-10-5(3-2-4-11)6(7)8-9-10/h4H,2-3H2,1H3. The second kappa shape index (κ2) is 3.61. The monoisotopic (exact) mass is 217 g/mol. The average molecular weight is 218 g/mol. The zero-order valence-corrected chi connectivity index (χ0v) is 7.71. The SMILES string of the molecule is Cn1nnc(Br)c1CCC=O. The quantitative estimate of drug-likeness (QED) is 0.702. The van der Waals surface area contributed by atoms with Gasteiger partial charge in [-0.05, 0) is 22.4 Å². The molecule has 0 aliphatic carbocycles. The first-order valence-corrected chi connectivity index (χ1v) is 4.02. The van der Waals surface area contributed by atoms with Crippen molar-refractivity contribution in [2.45, 2.75) is 12.8 Å². The molecule has 0 aliphatic heterocycles. The lowest BCUT2D eigenvalue weighted by Gasteiger charge is -1.95. The van der Waals surface area contributed by atoms with Crippen LogP contribution in [0.1, 0.15) is 12.1 Å². The number of aldehydes is 1. The summed E-state index contributed by atoms with van der Waals surface area (Å²) in [5.74, 6) is 0. The van der Waals surface area contributed by atoms with Gasteiger partial charge in [0.25, 0.3) is 0 Å². The Morgan fingerprint density at radius 2 is 2.45 bits per heavy atom. The van der Waals surface area contributed by atoms with Gasteiger partial charge in [0.2, 0.25) is 0 Å². The molecule has 0 bridgehead atoms. The smallest absolute Gasteiger partial charge is 0.151 e. The van der Waals surface area contributed by atoms with Gasteiger partial charge >= 0.3 is 0 Å². The van der Waals surface area contributed by atoms with E-state index >= 15 is 0 Å². The van der Waals surface area contributed by atoms with Crippen molar-refractivity contribution in [2.75, 3.05) is 0 Å². The van der Waals surface area contributed by atoms with Crippen LogP contribution in [0, 0.1) is 0 Å². The van der Waals surface area contributed by atoms with E-state index in [2.05, 4.69) is 26.2 Å². The van der Waals surface area contributed by atoms with Gasteiger partial charge in [-0.1, -0.05) is 5.21 Å². The van der Waals surface area contributed by atoms with E-state index in [4.69, 9.17) is 0 Å². The van der Waals surface area contributed by atoms with E-state index in [0.717, 1.165) is 16.6 Å².